The van der Waals surface area contributed by atoms with E-state index in [1.807, 2.05) is 26.0 Å². The van der Waals surface area contributed by atoms with E-state index in [1.54, 1.807) is 47.4 Å². The highest BCUT2D eigenvalue weighted by atomic mass is 35.5. The number of carboxylic acids is 1. The number of amidine groups is 1. The first-order chi connectivity index (χ1) is 18.3. The molecule has 10 heteroatoms. The van der Waals surface area contributed by atoms with Crippen LogP contribution in [-0.4, -0.2) is 40.2 Å². The fraction of sp³-hybridized carbons (Fsp3) is 0.179. The molecule has 0 aliphatic carbocycles. The summed E-state index contributed by atoms with van der Waals surface area (Å²) in [7, 11) is 0. The van der Waals surface area contributed by atoms with Crippen LogP contribution in [0, 0.1) is 0 Å². The number of hydrogen-bond acceptors (Lipinski definition) is 6. The Morgan fingerprint density at radius 1 is 1.05 bits per heavy atom. The Bertz CT molecular complexity index is 1410. The van der Waals surface area contributed by atoms with Gasteiger partial charge in [0.2, 0.25) is 0 Å². The van der Waals surface area contributed by atoms with Gasteiger partial charge in [-0.05, 0) is 91.3 Å². The number of carbonyl (C=O) groups is 2. The molecule has 1 aliphatic rings. The molecule has 3 aromatic rings. The first kappa shape index (κ1) is 27.6. The number of hydrogen-bond donors (Lipinski definition) is 1. The molecule has 1 aliphatic heterocycles. The maximum atomic E-state index is 13.1. The number of ether oxygens (including phenoxy) is 2. The molecule has 0 unspecified atom stereocenters. The minimum atomic E-state index is -1.01. The van der Waals surface area contributed by atoms with Crippen LogP contribution < -0.4 is 9.47 Å². The highest BCUT2D eigenvalue weighted by Crippen LogP contribution is 2.40. The Labute approximate surface area is 234 Å². The number of aromatic carboxylic acids is 1. The molecule has 3 aromatic carbocycles. The number of amides is 1. The van der Waals surface area contributed by atoms with Crippen LogP contribution in [0.2, 0.25) is 10.0 Å². The molecular weight excluding hydrogens is 547 g/mol. The SMILES string of the molecule is CCOc1cc(/C=C2\SC(=Nc3ccc(C(=O)O)cc3)N(CC)C2=O)cc(Cl)c1OCc1ccc(Cl)cc1. The molecule has 0 radical (unpaired) electrons. The van der Waals surface area contributed by atoms with Crippen molar-refractivity contribution < 1.29 is 24.2 Å². The number of carbonyl (C=O) groups excluding carboxylic acids is 1. The summed E-state index contributed by atoms with van der Waals surface area (Å²) < 4.78 is 11.8. The fourth-order valence-electron chi connectivity index (χ4n) is 3.62. The maximum absolute atomic E-state index is 13.1. The van der Waals surface area contributed by atoms with Gasteiger partial charge in [0.15, 0.2) is 16.7 Å². The second kappa shape index (κ2) is 12.4. The molecule has 1 N–H and O–H groups in total. The zero-order chi connectivity index (χ0) is 27.2. The zero-order valence-corrected chi connectivity index (χ0v) is 22.9. The van der Waals surface area contributed by atoms with Crippen molar-refractivity contribution in [3.8, 4) is 11.5 Å². The number of nitrogens with zero attached hydrogens (tertiary/aromatic N) is 2. The monoisotopic (exact) mass is 570 g/mol. The molecule has 1 saturated heterocycles. The van der Waals surface area contributed by atoms with E-state index in [0.717, 1.165) is 5.56 Å². The highest BCUT2D eigenvalue weighted by molar-refractivity contribution is 8.18. The van der Waals surface area contributed by atoms with E-state index in [9.17, 15) is 9.59 Å². The second-order valence-electron chi connectivity index (χ2n) is 8.08. The Balaban J connectivity index is 1.59. The molecule has 0 aromatic heterocycles. The van der Waals surface area contributed by atoms with E-state index in [1.165, 1.54) is 23.9 Å². The number of carboxylic acid groups (broad SMARTS) is 1. The molecule has 0 atom stereocenters. The molecule has 4 rings (SSSR count). The molecule has 0 spiro atoms. The number of thioether (sulfide) groups is 1. The van der Waals surface area contributed by atoms with Gasteiger partial charge in [-0.15, -0.1) is 0 Å². The number of benzene rings is 3. The van der Waals surface area contributed by atoms with Crippen LogP contribution >= 0.6 is 35.0 Å². The molecule has 1 heterocycles. The Kier molecular flexibility index (Phi) is 8.99. The first-order valence-corrected chi connectivity index (χ1v) is 13.3. The summed E-state index contributed by atoms with van der Waals surface area (Å²) in [6.07, 6.45) is 1.74. The number of likely N-dealkylation sites (N-methyl/N-ethyl adjacent to an activating group) is 1. The van der Waals surface area contributed by atoms with Gasteiger partial charge in [-0.2, -0.15) is 0 Å². The largest absolute Gasteiger partial charge is 0.490 e. The molecule has 7 nitrogen and oxygen atoms in total. The average Bonchev–Trinajstić information content (AvgIpc) is 3.18. The van der Waals surface area contributed by atoms with Gasteiger partial charge in [0, 0.05) is 11.6 Å². The van der Waals surface area contributed by atoms with Crippen molar-refractivity contribution in [3.63, 3.8) is 0 Å². The molecule has 196 valence electrons. The third kappa shape index (κ3) is 6.51. The predicted octanol–water partition coefficient (Wildman–Crippen LogP) is 7.29. The smallest absolute Gasteiger partial charge is 0.335 e. The van der Waals surface area contributed by atoms with Gasteiger partial charge in [-0.1, -0.05) is 35.3 Å². The number of rotatable bonds is 9. The van der Waals surface area contributed by atoms with Gasteiger partial charge in [0.1, 0.15) is 6.61 Å². The highest BCUT2D eigenvalue weighted by Gasteiger charge is 2.32. The standard InChI is InChI=1S/C28H24Cl2N2O5S/c1-3-32-26(33)24(38-28(32)31-21-11-7-19(8-12-21)27(34)35)15-18-13-22(30)25(23(14-18)36-4-2)37-16-17-5-9-20(29)10-6-17/h5-15H,3-4,16H2,1-2H3,(H,34,35)/b24-15-,31-28?. The van der Waals surface area contributed by atoms with Crippen LogP contribution in [0.1, 0.15) is 35.3 Å². The lowest BCUT2D eigenvalue weighted by Gasteiger charge is -2.15. The van der Waals surface area contributed by atoms with E-state index < -0.39 is 5.97 Å². The lowest BCUT2D eigenvalue weighted by Crippen LogP contribution is -2.28. The van der Waals surface area contributed by atoms with Gasteiger partial charge in [-0.25, -0.2) is 9.79 Å². The lowest BCUT2D eigenvalue weighted by atomic mass is 10.1. The number of halogens is 2. The first-order valence-electron chi connectivity index (χ1n) is 11.8. The number of aliphatic imine (C=N–C) groups is 1. The summed E-state index contributed by atoms with van der Waals surface area (Å²) in [5, 5.41) is 10.6. The summed E-state index contributed by atoms with van der Waals surface area (Å²) in [6.45, 7) is 4.84. The van der Waals surface area contributed by atoms with Crippen LogP contribution in [-0.2, 0) is 11.4 Å². The van der Waals surface area contributed by atoms with Crippen LogP contribution in [0.3, 0.4) is 0 Å². The summed E-state index contributed by atoms with van der Waals surface area (Å²) in [5.41, 5.74) is 2.32. The maximum Gasteiger partial charge on any atom is 0.335 e. The van der Waals surface area contributed by atoms with Gasteiger partial charge < -0.3 is 14.6 Å². The van der Waals surface area contributed by atoms with Gasteiger partial charge >= 0.3 is 5.97 Å². The van der Waals surface area contributed by atoms with E-state index in [0.29, 0.717) is 56.0 Å². The summed E-state index contributed by atoms with van der Waals surface area (Å²) in [5.74, 6) is -0.314. The molecule has 1 fully saturated rings. The Hall–Kier alpha value is -3.46. The summed E-state index contributed by atoms with van der Waals surface area (Å²) in [4.78, 5) is 30.8. The quantitative estimate of drug-likeness (QED) is 0.271. The van der Waals surface area contributed by atoms with Crippen molar-refractivity contribution in [1.82, 2.24) is 4.90 Å². The van der Waals surface area contributed by atoms with Crippen LogP contribution in [0.15, 0.2) is 70.6 Å². The van der Waals surface area contributed by atoms with E-state index in [2.05, 4.69) is 4.99 Å². The average molecular weight is 571 g/mol. The molecule has 38 heavy (non-hydrogen) atoms. The van der Waals surface area contributed by atoms with Crippen molar-refractivity contribution in [3.05, 3.63) is 92.3 Å². The van der Waals surface area contributed by atoms with E-state index in [4.69, 9.17) is 37.8 Å². The fourth-order valence-corrected chi connectivity index (χ4v) is 5.08. The second-order valence-corrected chi connectivity index (χ2v) is 9.94. The Morgan fingerprint density at radius 3 is 2.39 bits per heavy atom. The van der Waals surface area contributed by atoms with Crippen molar-refractivity contribution in [2.24, 2.45) is 4.99 Å². The molecule has 0 saturated carbocycles. The van der Waals surface area contributed by atoms with Gasteiger partial charge in [0.25, 0.3) is 5.91 Å². The van der Waals surface area contributed by atoms with Crippen molar-refractivity contribution in [1.29, 1.82) is 0 Å². The van der Waals surface area contributed by atoms with E-state index in [-0.39, 0.29) is 18.1 Å². The van der Waals surface area contributed by atoms with E-state index >= 15 is 0 Å². The summed E-state index contributed by atoms with van der Waals surface area (Å²) in [6, 6.07) is 17.0. The molecule has 1 amide bonds. The third-order valence-corrected chi connectivity index (χ3v) is 7.01. The minimum absolute atomic E-state index is 0.166. The van der Waals surface area contributed by atoms with Crippen LogP contribution in [0.5, 0.6) is 11.5 Å². The molecular formula is C28H24Cl2N2O5S. The Morgan fingerprint density at radius 2 is 1.76 bits per heavy atom. The van der Waals surface area contributed by atoms with Gasteiger partial charge in [-0.3, -0.25) is 9.69 Å². The zero-order valence-electron chi connectivity index (χ0n) is 20.6. The van der Waals surface area contributed by atoms with Crippen molar-refractivity contribution in [2.75, 3.05) is 13.2 Å². The lowest BCUT2D eigenvalue weighted by molar-refractivity contribution is -0.122. The van der Waals surface area contributed by atoms with Crippen molar-refractivity contribution >= 4 is 63.8 Å². The van der Waals surface area contributed by atoms with Crippen LogP contribution in [0.4, 0.5) is 5.69 Å². The van der Waals surface area contributed by atoms with Crippen molar-refractivity contribution in [2.45, 2.75) is 20.5 Å². The normalized spacial score (nSPS) is 15.4. The predicted molar refractivity (Wildman–Crippen MR) is 152 cm³/mol. The van der Waals surface area contributed by atoms with Gasteiger partial charge in [0.05, 0.1) is 27.8 Å². The summed E-state index contributed by atoms with van der Waals surface area (Å²) >= 11 is 13.8. The third-order valence-electron chi connectivity index (χ3n) is 5.47. The van der Waals surface area contributed by atoms with Crippen LogP contribution in [0.25, 0.3) is 6.08 Å². The minimum Gasteiger partial charge on any atom is -0.490 e. The molecule has 0 bridgehead atoms. The topological polar surface area (TPSA) is 88.4 Å².